The number of rotatable bonds is 4. The molecule has 3 N–H and O–H groups in total. The molecule has 0 aromatic heterocycles. The Morgan fingerprint density at radius 1 is 1.27 bits per heavy atom. The summed E-state index contributed by atoms with van der Waals surface area (Å²) in [5.41, 5.74) is 1.29. The van der Waals surface area contributed by atoms with Crippen LogP contribution in [0, 0.1) is 5.92 Å². The normalized spacial score (nSPS) is 25.7. The van der Waals surface area contributed by atoms with Crippen molar-refractivity contribution in [2.24, 2.45) is 5.92 Å². The highest BCUT2D eigenvalue weighted by Crippen LogP contribution is 2.07. The van der Waals surface area contributed by atoms with Crippen LogP contribution in [0.25, 0.3) is 0 Å². The van der Waals surface area contributed by atoms with Gasteiger partial charge < -0.3 is 15.7 Å². The quantitative estimate of drug-likeness (QED) is 0.666. The third-order valence-electron chi connectivity index (χ3n) is 2.88. The molecule has 1 saturated heterocycles. The molecule has 1 aliphatic rings. The van der Waals surface area contributed by atoms with Crippen LogP contribution in [0.5, 0.6) is 0 Å². The summed E-state index contributed by atoms with van der Waals surface area (Å²) in [6.07, 6.45) is -0.187. The van der Waals surface area contributed by atoms with Gasteiger partial charge in [0.1, 0.15) is 0 Å². The highest BCUT2D eigenvalue weighted by Gasteiger charge is 2.23. The Balaban J connectivity index is 1.71. The Bertz CT molecular complexity index is 289. The Labute approximate surface area is 90.5 Å². The maximum Gasteiger partial charge on any atom is 0.0716 e. The lowest BCUT2D eigenvalue weighted by Crippen LogP contribution is -2.30. The largest absolute Gasteiger partial charge is 0.391 e. The molecule has 3 nitrogen and oxygen atoms in total. The van der Waals surface area contributed by atoms with Crippen molar-refractivity contribution < 1.29 is 5.11 Å². The van der Waals surface area contributed by atoms with Crippen LogP contribution >= 0.6 is 0 Å². The van der Waals surface area contributed by atoms with E-state index in [1.807, 2.05) is 18.2 Å². The Morgan fingerprint density at radius 2 is 2.07 bits per heavy atom. The van der Waals surface area contributed by atoms with Crippen molar-refractivity contribution in [2.75, 3.05) is 19.6 Å². The molecule has 3 heteroatoms. The fourth-order valence-corrected chi connectivity index (χ4v) is 1.93. The van der Waals surface area contributed by atoms with Crippen molar-refractivity contribution >= 4 is 0 Å². The lowest BCUT2D eigenvalue weighted by molar-refractivity contribution is 0.146. The van der Waals surface area contributed by atoms with Gasteiger partial charge in [0, 0.05) is 32.1 Å². The highest BCUT2D eigenvalue weighted by molar-refractivity contribution is 5.14. The second-order valence-corrected chi connectivity index (χ2v) is 4.10. The molecule has 0 spiro atoms. The molecule has 2 rings (SSSR count). The summed E-state index contributed by atoms with van der Waals surface area (Å²) in [7, 11) is 0. The van der Waals surface area contributed by atoms with Crippen LogP contribution in [-0.2, 0) is 6.54 Å². The first-order valence-electron chi connectivity index (χ1n) is 5.49. The summed E-state index contributed by atoms with van der Waals surface area (Å²) < 4.78 is 0. The maximum absolute atomic E-state index is 9.58. The van der Waals surface area contributed by atoms with E-state index in [4.69, 9.17) is 0 Å². The lowest BCUT2D eigenvalue weighted by Gasteiger charge is -2.13. The van der Waals surface area contributed by atoms with E-state index < -0.39 is 0 Å². The summed E-state index contributed by atoms with van der Waals surface area (Å²) >= 11 is 0. The molecule has 0 aliphatic carbocycles. The van der Waals surface area contributed by atoms with E-state index in [1.54, 1.807) is 0 Å². The second kappa shape index (κ2) is 5.26. The standard InChI is InChI=1S/C12H18N2O/c15-12-9-14-8-11(12)7-13-6-10-4-2-1-3-5-10/h1-5,11-15H,6-9H2. The fraction of sp³-hybridized carbons (Fsp3) is 0.500. The Hall–Kier alpha value is -0.900. The molecule has 2 unspecified atom stereocenters. The number of β-amino-alcohol motifs (C(OH)–C–C–N with tert-alkyl or cyclic N) is 1. The molecular weight excluding hydrogens is 188 g/mol. The molecule has 0 bridgehead atoms. The topological polar surface area (TPSA) is 44.3 Å². The number of aliphatic hydroxyl groups excluding tert-OH is 1. The van der Waals surface area contributed by atoms with Crippen LogP contribution in [0.4, 0.5) is 0 Å². The van der Waals surface area contributed by atoms with Gasteiger partial charge in [-0.15, -0.1) is 0 Å². The number of nitrogens with one attached hydrogen (secondary N) is 2. The molecule has 1 aliphatic heterocycles. The smallest absolute Gasteiger partial charge is 0.0716 e. The van der Waals surface area contributed by atoms with Crippen molar-refractivity contribution in [3.8, 4) is 0 Å². The van der Waals surface area contributed by atoms with Crippen LogP contribution in [-0.4, -0.2) is 30.8 Å². The van der Waals surface area contributed by atoms with Gasteiger partial charge in [0.15, 0.2) is 0 Å². The first kappa shape index (κ1) is 10.6. The van der Waals surface area contributed by atoms with Crippen molar-refractivity contribution in [1.82, 2.24) is 10.6 Å². The van der Waals surface area contributed by atoms with E-state index in [0.29, 0.717) is 5.92 Å². The first-order chi connectivity index (χ1) is 7.36. The predicted octanol–water partition coefficient (Wildman–Crippen LogP) is 0.357. The minimum Gasteiger partial charge on any atom is -0.391 e. The molecule has 1 fully saturated rings. The van der Waals surface area contributed by atoms with E-state index in [-0.39, 0.29) is 6.10 Å². The number of hydrogen-bond acceptors (Lipinski definition) is 3. The molecule has 0 saturated carbocycles. The van der Waals surface area contributed by atoms with Gasteiger partial charge in [0.25, 0.3) is 0 Å². The monoisotopic (exact) mass is 206 g/mol. The SMILES string of the molecule is OC1CNCC1CNCc1ccccc1. The van der Waals surface area contributed by atoms with Gasteiger partial charge in [-0.25, -0.2) is 0 Å². The van der Waals surface area contributed by atoms with Crippen molar-refractivity contribution in [1.29, 1.82) is 0 Å². The zero-order chi connectivity index (χ0) is 10.5. The van der Waals surface area contributed by atoms with Gasteiger partial charge in [-0.1, -0.05) is 30.3 Å². The van der Waals surface area contributed by atoms with E-state index in [9.17, 15) is 5.11 Å². The van der Waals surface area contributed by atoms with Gasteiger partial charge in [0.2, 0.25) is 0 Å². The van der Waals surface area contributed by atoms with Gasteiger partial charge >= 0.3 is 0 Å². The molecule has 2 atom stereocenters. The summed E-state index contributed by atoms with van der Waals surface area (Å²) in [6, 6.07) is 10.3. The maximum atomic E-state index is 9.58. The first-order valence-corrected chi connectivity index (χ1v) is 5.49. The number of hydrogen-bond donors (Lipinski definition) is 3. The molecule has 1 heterocycles. The van der Waals surface area contributed by atoms with E-state index in [0.717, 1.165) is 26.2 Å². The zero-order valence-corrected chi connectivity index (χ0v) is 8.82. The van der Waals surface area contributed by atoms with Crippen LogP contribution in [0.15, 0.2) is 30.3 Å². The number of benzene rings is 1. The lowest BCUT2D eigenvalue weighted by atomic mass is 10.1. The van der Waals surface area contributed by atoms with Crippen molar-refractivity contribution in [3.05, 3.63) is 35.9 Å². The molecule has 15 heavy (non-hydrogen) atoms. The van der Waals surface area contributed by atoms with E-state index in [1.165, 1.54) is 5.56 Å². The summed E-state index contributed by atoms with van der Waals surface area (Å²) in [6.45, 7) is 3.41. The van der Waals surface area contributed by atoms with Gasteiger partial charge in [-0.05, 0) is 5.56 Å². The fourth-order valence-electron chi connectivity index (χ4n) is 1.93. The summed E-state index contributed by atoms with van der Waals surface area (Å²) in [4.78, 5) is 0. The third-order valence-corrected chi connectivity index (χ3v) is 2.88. The number of aliphatic hydroxyl groups is 1. The summed E-state index contributed by atoms with van der Waals surface area (Å²) in [5.74, 6) is 0.355. The van der Waals surface area contributed by atoms with Crippen LogP contribution < -0.4 is 10.6 Å². The molecule has 1 aromatic rings. The van der Waals surface area contributed by atoms with Crippen molar-refractivity contribution in [3.63, 3.8) is 0 Å². The Morgan fingerprint density at radius 3 is 2.73 bits per heavy atom. The zero-order valence-electron chi connectivity index (χ0n) is 8.82. The predicted molar refractivity (Wildman–Crippen MR) is 60.5 cm³/mol. The van der Waals surface area contributed by atoms with Crippen LogP contribution in [0.2, 0.25) is 0 Å². The minimum atomic E-state index is -0.187. The molecule has 0 amide bonds. The molecular formula is C12H18N2O. The summed E-state index contributed by atoms with van der Waals surface area (Å²) in [5, 5.41) is 16.1. The van der Waals surface area contributed by atoms with E-state index >= 15 is 0 Å². The Kier molecular flexibility index (Phi) is 3.72. The van der Waals surface area contributed by atoms with Crippen molar-refractivity contribution in [2.45, 2.75) is 12.6 Å². The molecule has 1 aromatic carbocycles. The third kappa shape index (κ3) is 3.02. The second-order valence-electron chi connectivity index (χ2n) is 4.10. The van der Waals surface area contributed by atoms with E-state index in [2.05, 4.69) is 22.8 Å². The van der Waals surface area contributed by atoms with Gasteiger partial charge in [-0.2, -0.15) is 0 Å². The minimum absolute atomic E-state index is 0.187. The molecule has 82 valence electrons. The van der Waals surface area contributed by atoms with Crippen LogP contribution in [0.3, 0.4) is 0 Å². The molecule has 0 radical (unpaired) electrons. The van der Waals surface area contributed by atoms with Gasteiger partial charge in [-0.3, -0.25) is 0 Å². The van der Waals surface area contributed by atoms with Gasteiger partial charge in [0.05, 0.1) is 6.10 Å². The average Bonchev–Trinajstić information content (AvgIpc) is 2.66. The van der Waals surface area contributed by atoms with Crippen LogP contribution in [0.1, 0.15) is 5.56 Å². The average molecular weight is 206 g/mol. The highest BCUT2D eigenvalue weighted by atomic mass is 16.3.